The minimum Gasteiger partial charge on any atom is -1.00 e. The second-order valence-corrected chi connectivity index (χ2v) is 12.0. The summed E-state index contributed by atoms with van der Waals surface area (Å²) in [7, 11) is 0. The molecule has 0 bridgehead atoms. The molecular weight excluding hydrogens is 626 g/mol. The zero-order valence-electron chi connectivity index (χ0n) is 29.7. The van der Waals surface area contributed by atoms with Crippen LogP contribution in [0.15, 0.2) is 48.6 Å². The maximum Gasteiger partial charge on any atom is 0.163 e. The summed E-state index contributed by atoms with van der Waals surface area (Å²) in [6, 6.07) is 11.3. The Morgan fingerprint density at radius 2 is 0.958 bits per heavy atom. The minimum atomic E-state index is -0.270. The molecule has 0 fully saturated rings. The van der Waals surface area contributed by atoms with Gasteiger partial charge >= 0.3 is 0 Å². The third-order valence-electron chi connectivity index (χ3n) is 7.58. The van der Waals surface area contributed by atoms with Gasteiger partial charge in [-0.1, -0.05) is 109 Å². The van der Waals surface area contributed by atoms with Gasteiger partial charge in [0.05, 0.1) is 26.2 Å². The van der Waals surface area contributed by atoms with Crippen molar-refractivity contribution in [3.8, 4) is 23.0 Å². The van der Waals surface area contributed by atoms with Gasteiger partial charge in [0.1, 0.15) is 13.2 Å². The number of quaternary nitrogens is 1. The van der Waals surface area contributed by atoms with Crippen molar-refractivity contribution < 1.29 is 46.7 Å². The van der Waals surface area contributed by atoms with Crippen molar-refractivity contribution in [2.75, 3.05) is 33.0 Å². The lowest BCUT2D eigenvalue weighted by atomic mass is 10.1. The maximum absolute atomic E-state index is 12.6. The van der Waals surface area contributed by atoms with E-state index in [0.29, 0.717) is 56.0 Å². The monoisotopic (exact) mass is 685 g/mol. The van der Waals surface area contributed by atoms with Crippen molar-refractivity contribution >= 4 is 23.7 Å². The van der Waals surface area contributed by atoms with Crippen LogP contribution in [0.1, 0.15) is 122 Å². The number of allylic oxidation sites excluding steroid dienone is 2. The fraction of sp³-hybridized carbons (Fsp3) is 0.550. The normalized spacial score (nSPS) is 11.1. The van der Waals surface area contributed by atoms with Gasteiger partial charge in [0.15, 0.2) is 34.6 Å². The molecule has 0 atom stereocenters. The van der Waals surface area contributed by atoms with Gasteiger partial charge < -0.3 is 37.1 Å². The molecule has 0 amide bonds. The molecule has 0 aliphatic carbocycles. The first-order valence-electron chi connectivity index (χ1n) is 18.0. The minimum absolute atomic E-state index is 0. The molecule has 0 saturated carbocycles. The second kappa shape index (κ2) is 27.6. The molecule has 0 aliphatic rings. The van der Waals surface area contributed by atoms with Crippen molar-refractivity contribution in [2.45, 2.75) is 111 Å². The number of hydrogen-bond acceptors (Lipinski definition) is 6. The van der Waals surface area contributed by atoms with E-state index in [0.717, 1.165) is 43.2 Å². The summed E-state index contributed by atoms with van der Waals surface area (Å²) >= 11 is 0. The Bertz CT molecular complexity index is 1130. The predicted molar refractivity (Wildman–Crippen MR) is 192 cm³/mol. The van der Waals surface area contributed by atoms with Crippen molar-refractivity contribution in [1.82, 2.24) is 0 Å². The summed E-state index contributed by atoms with van der Waals surface area (Å²) in [5, 5.41) is 0. The van der Waals surface area contributed by atoms with Gasteiger partial charge in [-0.2, -0.15) is 0 Å². The Kier molecular flexibility index (Phi) is 24.6. The van der Waals surface area contributed by atoms with Crippen LogP contribution in [0.2, 0.25) is 0 Å². The highest BCUT2D eigenvalue weighted by Gasteiger charge is 2.10. The summed E-state index contributed by atoms with van der Waals surface area (Å²) < 4.78 is 23.8. The van der Waals surface area contributed by atoms with Gasteiger partial charge in [0.2, 0.25) is 0 Å². The molecule has 0 unspecified atom stereocenters. The molecule has 48 heavy (non-hydrogen) atoms. The van der Waals surface area contributed by atoms with Crippen LogP contribution in [-0.4, -0.2) is 44.5 Å². The summed E-state index contributed by atoms with van der Waals surface area (Å²) in [5.41, 5.74) is 5.46. The molecule has 3 N–H and O–H groups in total. The first kappa shape index (κ1) is 42.7. The molecule has 2 rings (SSSR count). The number of rotatable bonds is 28. The summed E-state index contributed by atoms with van der Waals surface area (Å²) in [6.07, 6.45) is 21.4. The van der Waals surface area contributed by atoms with Gasteiger partial charge in [0.25, 0.3) is 0 Å². The van der Waals surface area contributed by atoms with E-state index in [4.69, 9.17) is 18.9 Å². The van der Waals surface area contributed by atoms with E-state index in [9.17, 15) is 9.59 Å². The highest BCUT2D eigenvalue weighted by Crippen LogP contribution is 2.30. The number of ketones is 2. The third-order valence-corrected chi connectivity index (χ3v) is 7.58. The highest BCUT2D eigenvalue weighted by molar-refractivity contribution is 6.10. The first-order chi connectivity index (χ1) is 23.0. The van der Waals surface area contributed by atoms with Crippen LogP contribution in [0.4, 0.5) is 0 Å². The van der Waals surface area contributed by atoms with Crippen LogP contribution in [0.25, 0.3) is 12.2 Å². The molecule has 2 aromatic carbocycles. The van der Waals surface area contributed by atoms with E-state index in [1.165, 1.54) is 63.5 Å². The van der Waals surface area contributed by atoms with Crippen molar-refractivity contribution in [3.05, 3.63) is 59.7 Å². The van der Waals surface area contributed by atoms with Gasteiger partial charge in [-0.25, -0.2) is 0 Å². The molecule has 7 nitrogen and oxygen atoms in total. The van der Waals surface area contributed by atoms with E-state index >= 15 is 0 Å². The lowest BCUT2D eigenvalue weighted by molar-refractivity contribution is -0.370. The molecule has 0 saturated heterocycles. The van der Waals surface area contributed by atoms with Gasteiger partial charge in [-0.3, -0.25) is 9.59 Å². The lowest BCUT2D eigenvalue weighted by Crippen LogP contribution is -3.00. The quantitative estimate of drug-likeness (QED) is 0.0688. The summed E-state index contributed by atoms with van der Waals surface area (Å²) in [5.74, 6) is 2.17. The van der Waals surface area contributed by atoms with Crippen LogP contribution in [-0.2, 0) is 9.59 Å². The van der Waals surface area contributed by atoms with E-state index in [1.54, 1.807) is 12.2 Å². The Balaban J connectivity index is 0.0000115. The van der Waals surface area contributed by atoms with Gasteiger partial charge in [-0.05, 0) is 66.8 Å². The van der Waals surface area contributed by atoms with Crippen LogP contribution in [0, 0.1) is 0 Å². The van der Waals surface area contributed by atoms with Crippen molar-refractivity contribution in [3.63, 3.8) is 0 Å². The third kappa shape index (κ3) is 18.9. The molecule has 0 radical (unpaired) electrons. The van der Waals surface area contributed by atoms with E-state index in [1.807, 2.05) is 36.4 Å². The van der Waals surface area contributed by atoms with Crippen molar-refractivity contribution in [2.24, 2.45) is 0 Å². The predicted octanol–water partition coefficient (Wildman–Crippen LogP) is 5.83. The summed E-state index contributed by atoms with van der Waals surface area (Å²) in [4.78, 5) is 25.2. The number of hydrogen-bond donors (Lipinski definition) is 1. The molecule has 0 aromatic heterocycles. The van der Waals surface area contributed by atoms with Crippen molar-refractivity contribution in [1.29, 1.82) is 0 Å². The van der Waals surface area contributed by atoms with E-state index in [2.05, 4.69) is 26.5 Å². The van der Waals surface area contributed by atoms with Crippen LogP contribution >= 0.6 is 0 Å². The number of ether oxygens (including phenoxy) is 4. The van der Waals surface area contributed by atoms with Crippen LogP contribution < -0.4 is 37.1 Å². The summed E-state index contributed by atoms with van der Waals surface area (Å²) in [6.45, 7) is 9.48. The zero-order chi connectivity index (χ0) is 34.0. The van der Waals surface area contributed by atoms with E-state index in [-0.39, 0.29) is 30.4 Å². The number of carbonyl (C=O) groups is 2. The largest absolute Gasteiger partial charge is 1.00 e. The van der Waals surface area contributed by atoms with Crippen LogP contribution in [0.3, 0.4) is 0 Å². The standard InChI is InChI=1S/C40H59NO6.ClH/c1-4-7-9-11-13-15-27-45-37-23-19-33(30-39(37)44-26-6-3)17-21-35(42)32-36(43)22-18-34-20-24-38(40(31-34)47-29-25-41)46-28-16-14-12-10-8-5-2;/h17-24,30-31H,4-16,25-29,32,41H2,1-3H3;1H/b21-17+,22-18+;. The van der Waals surface area contributed by atoms with Gasteiger partial charge in [0, 0.05) is 0 Å². The molecule has 0 heterocycles. The molecule has 2 aromatic rings. The first-order valence-corrected chi connectivity index (χ1v) is 18.0. The average molecular weight is 686 g/mol. The number of benzene rings is 2. The number of carbonyl (C=O) groups excluding carboxylic acids is 2. The van der Waals surface area contributed by atoms with Gasteiger partial charge in [-0.15, -0.1) is 0 Å². The zero-order valence-corrected chi connectivity index (χ0v) is 30.5. The number of halogens is 1. The Morgan fingerprint density at radius 3 is 1.40 bits per heavy atom. The molecule has 8 heteroatoms. The van der Waals surface area contributed by atoms with Crippen LogP contribution in [0.5, 0.6) is 23.0 Å². The fourth-order valence-electron chi connectivity index (χ4n) is 4.91. The Hall–Kier alpha value is -3.29. The maximum atomic E-state index is 12.6. The highest BCUT2D eigenvalue weighted by atomic mass is 35.5. The smallest absolute Gasteiger partial charge is 0.163 e. The fourth-order valence-corrected chi connectivity index (χ4v) is 4.91. The number of unbranched alkanes of at least 4 members (excludes halogenated alkanes) is 10. The topological polar surface area (TPSA) is 98.7 Å². The molecule has 268 valence electrons. The van der Waals surface area contributed by atoms with E-state index < -0.39 is 0 Å². The lowest BCUT2D eigenvalue weighted by Gasteiger charge is -2.13. The second-order valence-electron chi connectivity index (χ2n) is 12.0. The molecule has 0 aliphatic heterocycles. The molecular formula is C40H60ClNO6. The Labute approximate surface area is 296 Å². The Morgan fingerprint density at radius 1 is 0.542 bits per heavy atom. The average Bonchev–Trinajstić information content (AvgIpc) is 3.08. The molecule has 0 spiro atoms. The SMILES string of the molecule is CCCCCCCCOc1ccc(/C=C/C(=O)CC(=O)/C=C/c2ccc(OCCCCCCCC)c(OCC[NH3+])c2)cc1OCCC.[Cl-].